The van der Waals surface area contributed by atoms with E-state index >= 15 is 0 Å². The Kier molecular flexibility index (Phi) is 11.2. The second-order valence-electron chi connectivity index (χ2n) is 11.6. The van der Waals surface area contributed by atoms with Crippen molar-refractivity contribution in [2.75, 3.05) is 52.6 Å². The first-order valence-electron chi connectivity index (χ1n) is 15.9. The highest BCUT2D eigenvalue weighted by Crippen LogP contribution is 2.34. The fourth-order valence-corrected chi connectivity index (χ4v) is 5.71. The van der Waals surface area contributed by atoms with E-state index in [0.29, 0.717) is 22.5 Å². The number of fused-ring (bicyclic) bond motifs is 2. The molecule has 1 aliphatic rings. The first kappa shape index (κ1) is 35.3. The molecular weight excluding hydrogens is 638 g/mol. The number of rotatable bonds is 10. The van der Waals surface area contributed by atoms with E-state index in [1.54, 1.807) is 38.5 Å². The minimum Gasteiger partial charge on any atom is -0.493 e. The second-order valence-corrected chi connectivity index (χ2v) is 11.6. The third-order valence-electron chi connectivity index (χ3n) is 8.41. The van der Waals surface area contributed by atoms with E-state index in [9.17, 15) is 9.59 Å². The molecule has 0 saturated carbocycles. The minimum absolute atomic E-state index is 0.164. The molecule has 1 aromatic heterocycles. The van der Waals surface area contributed by atoms with E-state index in [4.69, 9.17) is 40.2 Å². The SMILES string of the molecule is COc1cc(NC(=O)c2cc(=O)c3ccccc3o2)c(C(=N)N)cc1OC.COc1cc2c(cc1OC)CN(CCc1ccc(N)cc1)CC2. The Labute approximate surface area is 290 Å². The fraction of sp³-hybridized carbons (Fsp3) is 0.237. The summed E-state index contributed by atoms with van der Waals surface area (Å²) in [5.41, 5.74) is 16.6. The lowest BCUT2D eigenvalue weighted by atomic mass is 9.98. The highest BCUT2D eigenvalue weighted by molar-refractivity contribution is 6.09. The number of anilines is 2. The smallest absolute Gasteiger partial charge is 0.291 e. The lowest BCUT2D eigenvalue weighted by molar-refractivity contribution is 0.0997. The number of hydrogen-bond acceptors (Lipinski definition) is 10. The zero-order valence-electron chi connectivity index (χ0n) is 28.5. The predicted molar refractivity (Wildman–Crippen MR) is 194 cm³/mol. The van der Waals surface area contributed by atoms with Gasteiger partial charge in [-0.05, 0) is 72.0 Å². The largest absolute Gasteiger partial charge is 0.493 e. The van der Waals surface area contributed by atoms with Gasteiger partial charge in [-0.3, -0.25) is 19.9 Å². The molecule has 1 aliphatic heterocycles. The maximum Gasteiger partial charge on any atom is 0.291 e. The van der Waals surface area contributed by atoms with E-state index in [0.717, 1.165) is 55.7 Å². The van der Waals surface area contributed by atoms with Gasteiger partial charge in [0.25, 0.3) is 5.91 Å². The number of amidine groups is 1. The number of nitrogen functional groups attached to an aromatic ring is 2. The average molecular weight is 680 g/mol. The molecule has 12 heteroatoms. The fourth-order valence-electron chi connectivity index (χ4n) is 5.71. The van der Waals surface area contributed by atoms with Crippen LogP contribution in [-0.2, 0) is 19.4 Å². The summed E-state index contributed by atoms with van der Waals surface area (Å²) < 4.78 is 26.7. The highest BCUT2D eigenvalue weighted by Gasteiger charge is 2.20. The molecule has 50 heavy (non-hydrogen) atoms. The molecule has 0 atom stereocenters. The lowest BCUT2D eigenvalue weighted by Crippen LogP contribution is -2.32. The van der Waals surface area contributed by atoms with E-state index in [1.807, 2.05) is 12.1 Å². The summed E-state index contributed by atoms with van der Waals surface area (Å²) in [6.07, 6.45) is 2.10. The number of nitrogens with two attached hydrogens (primary N) is 2. The molecule has 0 saturated heterocycles. The van der Waals surface area contributed by atoms with Crippen molar-refractivity contribution >= 4 is 34.1 Å². The van der Waals surface area contributed by atoms with Gasteiger partial charge in [0.1, 0.15) is 11.4 Å². The van der Waals surface area contributed by atoms with Crippen molar-refractivity contribution in [3.63, 3.8) is 0 Å². The molecule has 0 radical (unpaired) electrons. The number of carbonyl (C=O) groups is 1. The molecule has 12 nitrogen and oxygen atoms in total. The number of nitrogens with zero attached hydrogens (tertiary/aromatic N) is 1. The highest BCUT2D eigenvalue weighted by atomic mass is 16.5. The van der Waals surface area contributed by atoms with Gasteiger partial charge >= 0.3 is 0 Å². The topological polar surface area (TPSA) is 175 Å². The molecule has 0 aliphatic carbocycles. The number of methoxy groups -OCH3 is 4. The molecule has 5 aromatic rings. The van der Waals surface area contributed by atoms with Crippen LogP contribution >= 0.6 is 0 Å². The van der Waals surface area contributed by atoms with Crippen LogP contribution in [0.2, 0.25) is 0 Å². The molecule has 6 N–H and O–H groups in total. The van der Waals surface area contributed by atoms with Gasteiger partial charge in [-0.25, -0.2) is 0 Å². The van der Waals surface area contributed by atoms with Crippen LogP contribution in [0.1, 0.15) is 32.8 Å². The van der Waals surface area contributed by atoms with Crippen molar-refractivity contribution in [2.24, 2.45) is 5.73 Å². The summed E-state index contributed by atoms with van der Waals surface area (Å²) in [6, 6.07) is 23.1. The maximum absolute atomic E-state index is 12.6. The Balaban J connectivity index is 0.000000197. The normalized spacial score (nSPS) is 12.2. The number of hydrogen-bond donors (Lipinski definition) is 4. The number of carbonyl (C=O) groups excluding carboxylic acids is 1. The van der Waals surface area contributed by atoms with Gasteiger partial charge in [-0.1, -0.05) is 24.3 Å². The molecule has 0 unspecified atom stereocenters. The minimum atomic E-state index is -0.660. The molecule has 0 fully saturated rings. The summed E-state index contributed by atoms with van der Waals surface area (Å²) in [6.45, 7) is 3.10. The molecule has 0 spiro atoms. The molecule has 260 valence electrons. The van der Waals surface area contributed by atoms with Crippen LogP contribution in [0.15, 0.2) is 88.1 Å². The van der Waals surface area contributed by atoms with E-state index in [2.05, 4.69) is 34.5 Å². The van der Waals surface area contributed by atoms with Crippen LogP contribution in [0.4, 0.5) is 11.4 Å². The number of amides is 1. The van der Waals surface area contributed by atoms with Crippen LogP contribution in [0.25, 0.3) is 11.0 Å². The lowest BCUT2D eigenvalue weighted by Gasteiger charge is -2.29. The van der Waals surface area contributed by atoms with Gasteiger partial charge in [-0.2, -0.15) is 0 Å². The van der Waals surface area contributed by atoms with Gasteiger partial charge < -0.3 is 40.1 Å². The van der Waals surface area contributed by atoms with E-state index in [1.165, 1.54) is 43.0 Å². The van der Waals surface area contributed by atoms with Crippen LogP contribution in [0, 0.1) is 5.41 Å². The van der Waals surface area contributed by atoms with Crippen LogP contribution in [0.5, 0.6) is 23.0 Å². The standard InChI is InChI=1S/C19H17N3O5.C19H24N2O2/c1-25-15-7-11(18(20)21)12(8-16(15)26-2)22-19(24)17-9-13(23)10-5-3-4-6-14(10)27-17;1-22-18-11-15-8-10-21(13-16(15)12-19(18)23-2)9-7-14-3-5-17(20)6-4-14/h3-9H,1-2H3,(H3,20,21)(H,22,24);3-6,11-12H,7-10,13,20H2,1-2H3. The Bertz CT molecular complexity index is 2060. The first-order valence-corrected chi connectivity index (χ1v) is 15.9. The van der Waals surface area contributed by atoms with Crippen molar-refractivity contribution in [2.45, 2.75) is 19.4 Å². The molecule has 2 heterocycles. The van der Waals surface area contributed by atoms with Crippen molar-refractivity contribution in [3.05, 3.63) is 117 Å². The summed E-state index contributed by atoms with van der Waals surface area (Å²) in [4.78, 5) is 27.3. The van der Waals surface area contributed by atoms with Gasteiger partial charge in [0.2, 0.25) is 0 Å². The first-order chi connectivity index (χ1) is 24.1. The van der Waals surface area contributed by atoms with Crippen molar-refractivity contribution < 1.29 is 28.2 Å². The molecule has 4 aromatic carbocycles. The van der Waals surface area contributed by atoms with Crippen LogP contribution < -0.4 is 41.2 Å². The summed E-state index contributed by atoms with van der Waals surface area (Å²) in [5, 5.41) is 10.7. The summed E-state index contributed by atoms with van der Waals surface area (Å²) in [7, 11) is 6.26. The number of benzene rings is 4. The third-order valence-corrected chi connectivity index (χ3v) is 8.41. The van der Waals surface area contributed by atoms with Gasteiger partial charge in [0.05, 0.1) is 39.5 Å². The second kappa shape index (κ2) is 15.9. The van der Waals surface area contributed by atoms with E-state index < -0.39 is 5.91 Å². The van der Waals surface area contributed by atoms with Crippen molar-refractivity contribution in [3.8, 4) is 23.0 Å². The van der Waals surface area contributed by atoms with Crippen molar-refractivity contribution in [1.82, 2.24) is 4.90 Å². The molecular formula is C38H41N5O7. The van der Waals surface area contributed by atoms with Gasteiger partial charge in [0, 0.05) is 43.0 Å². The molecule has 1 amide bonds. The van der Waals surface area contributed by atoms with Crippen molar-refractivity contribution in [1.29, 1.82) is 5.41 Å². The average Bonchev–Trinajstić information content (AvgIpc) is 3.13. The zero-order chi connectivity index (χ0) is 35.8. The Morgan fingerprint density at radius 3 is 2.14 bits per heavy atom. The van der Waals surface area contributed by atoms with Gasteiger partial charge in [0.15, 0.2) is 34.2 Å². The zero-order valence-corrected chi connectivity index (χ0v) is 28.5. The van der Waals surface area contributed by atoms with Gasteiger partial charge in [-0.15, -0.1) is 0 Å². The number of ether oxygens (including phenoxy) is 4. The summed E-state index contributed by atoms with van der Waals surface area (Å²) >= 11 is 0. The van der Waals surface area contributed by atoms with Crippen LogP contribution in [0.3, 0.4) is 0 Å². The predicted octanol–water partition coefficient (Wildman–Crippen LogP) is 5.23. The Morgan fingerprint density at radius 1 is 0.860 bits per heavy atom. The van der Waals surface area contributed by atoms with Crippen LogP contribution in [-0.4, -0.2) is 58.2 Å². The van der Waals surface area contributed by atoms with E-state index in [-0.39, 0.29) is 28.3 Å². The Morgan fingerprint density at radius 2 is 1.48 bits per heavy atom. The summed E-state index contributed by atoms with van der Waals surface area (Å²) in [5.74, 6) is 1.24. The number of nitrogens with one attached hydrogen (secondary N) is 2. The Hall–Kier alpha value is -6.01. The monoisotopic (exact) mass is 679 g/mol. The quantitative estimate of drug-likeness (QED) is 0.0869. The molecule has 6 rings (SSSR count). The number of para-hydroxylation sites is 1. The maximum atomic E-state index is 12.6. The molecule has 0 bridgehead atoms. The third kappa shape index (κ3) is 8.16.